The maximum Gasteiger partial charge on any atom is 0.0653 e. The van der Waals surface area contributed by atoms with Crippen LogP contribution in [0.25, 0.3) is 0 Å². The van der Waals surface area contributed by atoms with Gasteiger partial charge in [0.25, 0.3) is 0 Å². The Morgan fingerprint density at radius 3 is 2.56 bits per heavy atom. The van der Waals surface area contributed by atoms with E-state index in [2.05, 4.69) is 27.4 Å². The molecule has 0 heterocycles. The van der Waals surface area contributed by atoms with Gasteiger partial charge in [0.05, 0.1) is 5.60 Å². The van der Waals surface area contributed by atoms with Gasteiger partial charge in [-0.25, -0.2) is 0 Å². The maximum absolute atomic E-state index is 10.6. The van der Waals surface area contributed by atoms with Crippen molar-refractivity contribution in [2.75, 3.05) is 0 Å². The monoisotopic (exact) mass is 222 g/mol. The Bertz CT molecular complexity index is 292. The number of rotatable bonds is 1. The van der Waals surface area contributed by atoms with Crippen molar-refractivity contribution in [2.24, 2.45) is 17.3 Å². The second-order valence-corrected chi connectivity index (χ2v) is 6.73. The van der Waals surface area contributed by atoms with Crippen molar-refractivity contribution in [3.63, 3.8) is 0 Å². The minimum atomic E-state index is -0.443. The summed E-state index contributed by atoms with van der Waals surface area (Å²) in [6, 6.07) is 0. The Morgan fingerprint density at radius 2 is 1.94 bits per heavy atom. The summed E-state index contributed by atoms with van der Waals surface area (Å²) in [5.74, 6) is 1.12. The van der Waals surface area contributed by atoms with E-state index in [9.17, 15) is 5.11 Å². The van der Waals surface area contributed by atoms with E-state index >= 15 is 0 Å². The standard InChI is InChI=1S/C15H26O/c1-11(2)12-6-9-14(3)7-5-8-15(4,16)13(14)10-12/h12-13,16H,1,5-10H2,2-4H3/t12-,13-,14-,15+/m0/s1. The quantitative estimate of drug-likeness (QED) is 0.667. The van der Waals surface area contributed by atoms with E-state index in [0.717, 1.165) is 12.8 Å². The second kappa shape index (κ2) is 3.87. The summed E-state index contributed by atoms with van der Waals surface area (Å²) < 4.78 is 0. The highest BCUT2D eigenvalue weighted by atomic mass is 16.3. The van der Waals surface area contributed by atoms with Gasteiger partial charge in [-0.3, -0.25) is 0 Å². The van der Waals surface area contributed by atoms with E-state index in [-0.39, 0.29) is 0 Å². The topological polar surface area (TPSA) is 20.2 Å². The molecule has 2 aliphatic rings. The summed E-state index contributed by atoms with van der Waals surface area (Å²) in [5.41, 5.74) is 1.25. The zero-order valence-electron chi connectivity index (χ0n) is 11.1. The van der Waals surface area contributed by atoms with Crippen molar-refractivity contribution < 1.29 is 5.11 Å². The highest BCUT2D eigenvalue weighted by Crippen LogP contribution is 2.56. The first kappa shape index (κ1) is 12.2. The van der Waals surface area contributed by atoms with E-state index in [0.29, 0.717) is 17.3 Å². The molecule has 0 bridgehead atoms. The summed E-state index contributed by atoms with van der Waals surface area (Å²) in [5, 5.41) is 10.6. The molecule has 0 aliphatic heterocycles. The molecule has 0 spiro atoms. The largest absolute Gasteiger partial charge is 0.390 e. The van der Waals surface area contributed by atoms with Gasteiger partial charge in [-0.2, -0.15) is 0 Å². The number of aliphatic hydroxyl groups is 1. The van der Waals surface area contributed by atoms with Gasteiger partial charge in [0.1, 0.15) is 0 Å². The molecule has 0 radical (unpaired) electrons. The van der Waals surface area contributed by atoms with Crippen LogP contribution in [-0.2, 0) is 0 Å². The van der Waals surface area contributed by atoms with Crippen LogP contribution in [-0.4, -0.2) is 10.7 Å². The third kappa shape index (κ3) is 1.95. The van der Waals surface area contributed by atoms with Gasteiger partial charge in [-0.15, -0.1) is 0 Å². The minimum absolute atomic E-state index is 0.383. The minimum Gasteiger partial charge on any atom is -0.390 e. The van der Waals surface area contributed by atoms with E-state index in [1.54, 1.807) is 0 Å². The van der Waals surface area contributed by atoms with Gasteiger partial charge < -0.3 is 5.11 Å². The van der Waals surface area contributed by atoms with Gasteiger partial charge in [-0.1, -0.05) is 25.5 Å². The van der Waals surface area contributed by atoms with Crippen LogP contribution in [0, 0.1) is 17.3 Å². The lowest BCUT2D eigenvalue weighted by Gasteiger charge is -2.54. The molecule has 0 saturated heterocycles. The predicted molar refractivity (Wildman–Crippen MR) is 68.2 cm³/mol. The van der Waals surface area contributed by atoms with Gasteiger partial charge in [-0.05, 0) is 63.2 Å². The summed E-state index contributed by atoms with van der Waals surface area (Å²) in [6.45, 7) is 10.7. The molecular weight excluding hydrogens is 196 g/mol. The fourth-order valence-electron chi connectivity index (χ4n) is 4.14. The van der Waals surface area contributed by atoms with Crippen LogP contribution >= 0.6 is 0 Å². The Morgan fingerprint density at radius 1 is 1.25 bits per heavy atom. The van der Waals surface area contributed by atoms with Crippen molar-refractivity contribution in [1.82, 2.24) is 0 Å². The molecular formula is C15H26O. The average molecular weight is 222 g/mol. The van der Waals surface area contributed by atoms with Crippen LogP contribution in [0.2, 0.25) is 0 Å². The zero-order chi connectivity index (χ0) is 12.0. The third-order valence-corrected chi connectivity index (χ3v) is 5.30. The third-order valence-electron chi connectivity index (χ3n) is 5.30. The van der Waals surface area contributed by atoms with E-state index in [1.165, 1.54) is 31.3 Å². The first-order chi connectivity index (χ1) is 7.35. The summed E-state index contributed by atoms with van der Waals surface area (Å²) in [6.07, 6.45) is 7.17. The van der Waals surface area contributed by atoms with Crippen molar-refractivity contribution in [3.05, 3.63) is 12.2 Å². The normalized spacial score (nSPS) is 48.5. The Balaban J connectivity index is 2.21. The van der Waals surface area contributed by atoms with Crippen LogP contribution in [0.3, 0.4) is 0 Å². The molecule has 2 rings (SSSR count). The summed E-state index contributed by atoms with van der Waals surface area (Å²) in [4.78, 5) is 0. The molecule has 0 unspecified atom stereocenters. The Labute approximate surface area is 99.9 Å². The molecule has 0 amide bonds. The van der Waals surface area contributed by atoms with Crippen molar-refractivity contribution in [1.29, 1.82) is 0 Å². The van der Waals surface area contributed by atoms with Gasteiger partial charge in [0.15, 0.2) is 0 Å². The zero-order valence-corrected chi connectivity index (χ0v) is 11.1. The van der Waals surface area contributed by atoms with Crippen LogP contribution < -0.4 is 0 Å². The lowest BCUT2D eigenvalue weighted by molar-refractivity contribution is -0.120. The van der Waals surface area contributed by atoms with Crippen molar-refractivity contribution >= 4 is 0 Å². The molecule has 2 aliphatic carbocycles. The van der Waals surface area contributed by atoms with Crippen LogP contribution in [0.15, 0.2) is 12.2 Å². The molecule has 1 nitrogen and oxygen atoms in total. The van der Waals surface area contributed by atoms with Crippen molar-refractivity contribution in [3.8, 4) is 0 Å². The SMILES string of the molecule is C=C(C)[C@H]1CC[C@]2(C)CCC[C@@](C)(O)[C@H]2C1. The summed E-state index contributed by atoms with van der Waals surface area (Å²) in [7, 11) is 0. The van der Waals surface area contributed by atoms with Gasteiger partial charge in [0, 0.05) is 0 Å². The molecule has 1 heteroatoms. The molecule has 1 N–H and O–H groups in total. The molecule has 4 atom stereocenters. The molecule has 0 aromatic carbocycles. The first-order valence-electron chi connectivity index (χ1n) is 6.73. The molecule has 2 saturated carbocycles. The number of allylic oxidation sites excluding steroid dienone is 1. The summed E-state index contributed by atoms with van der Waals surface area (Å²) >= 11 is 0. The maximum atomic E-state index is 10.6. The Hall–Kier alpha value is -0.300. The van der Waals surface area contributed by atoms with Gasteiger partial charge >= 0.3 is 0 Å². The fourth-order valence-corrected chi connectivity index (χ4v) is 4.14. The molecule has 0 aromatic heterocycles. The fraction of sp³-hybridized carbons (Fsp3) is 0.867. The average Bonchev–Trinajstić information content (AvgIpc) is 2.15. The lowest BCUT2D eigenvalue weighted by Crippen LogP contribution is -2.51. The van der Waals surface area contributed by atoms with E-state index in [4.69, 9.17) is 0 Å². The number of hydrogen-bond acceptors (Lipinski definition) is 1. The molecule has 92 valence electrons. The molecule has 2 fully saturated rings. The first-order valence-corrected chi connectivity index (χ1v) is 6.73. The Kier molecular flexibility index (Phi) is 2.94. The smallest absolute Gasteiger partial charge is 0.0653 e. The molecule has 0 aromatic rings. The van der Waals surface area contributed by atoms with Crippen molar-refractivity contribution in [2.45, 2.75) is 64.9 Å². The number of hydrogen-bond donors (Lipinski definition) is 1. The van der Waals surface area contributed by atoms with Crippen LogP contribution in [0.5, 0.6) is 0 Å². The predicted octanol–water partition coefficient (Wildman–Crippen LogP) is 3.92. The molecule has 16 heavy (non-hydrogen) atoms. The van der Waals surface area contributed by atoms with E-state index < -0.39 is 5.60 Å². The van der Waals surface area contributed by atoms with Crippen LogP contribution in [0.4, 0.5) is 0 Å². The number of fused-ring (bicyclic) bond motifs is 1. The van der Waals surface area contributed by atoms with E-state index in [1.807, 2.05) is 0 Å². The second-order valence-electron chi connectivity index (χ2n) is 6.73. The van der Waals surface area contributed by atoms with Gasteiger partial charge in [0.2, 0.25) is 0 Å². The highest BCUT2D eigenvalue weighted by Gasteiger charge is 2.50. The lowest BCUT2D eigenvalue weighted by atomic mass is 9.53. The highest BCUT2D eigenvalue weighted by molar-refractivity contribution is 5.07. The van der Waals surface area contributed by atoms with Crippen LogP contribution in [0.1, 0.15) is 59.3 Å².